The Morgan fingerprint density at radius 2 is 2.30 bits per heavy atom. The predicted molar refractivity (Wildman–Crippen MR) is 78.6 cm³/mol. The lowest BCUT2D eigenvalue weighted by molar-refractivity contribution is -0.939. The highest BCUT2D eigenvalue weighted by molar-refractivity contribution is 7.98. The third-order valence-corrected chi connectivity index (χ3v) is 6.55. The molecule has 1 aromatic heterocycles. The molecule has 4 nitrogen and oxygen atoms in total. The first-order valence-corrected chi connectivity index (χ1v) is 9.05. The second-order valence-electron chi connectivity index (χ2n) is 6.70. The summed E-state index contributed by atoms with van der Waals surface area (Å²) in [5, 5.41) is 3.44. The molecule has 3 heterocycles. The summed E-state index contributed by atoms with van der Waals surface area (Å²) in [4.78, 5) is 10.6. The van der Waals surface area contributed by atoms with Crippen LogP contribution in [0.3, 0.4) is 0 Å². The lowest BCUT2D eigenvalue weighted by atomic mass is 9.54. The minimum absolute atomic E-state index is 0.688. The van der Waals surface area contributed by atoms with Gasteiger partial charge in [-0.05, 0) is 12.2 Å². The van der Waals surface area contributed by atoms with E-state index in [1.54, 1.807) is 16.7 Å². The Kier molecular flexibility index (Phi) is 3.24. The van der Waals surface area contributed by atoms with Crippen molar-refractivity contribution in [3.05, 3.63) is 18.0 Å². The lowest BCUT2D eigenvalue weighted by Gasteiger charge is -2.52. The van der Waals surface area contributed by atoms with Crippen molar-refractivity contribution in [3.63, 3.8) is 0 Å². The molecule has 3 N–H and O–H groups in total. The first kappa shape index (κ1) is 13.0. The van der Waals surface area contributed by atoms with Crippen molar-refractivity contribution in [2.24, 2.45) is 11.3 Å². The molecule has 5 heteroatoms. The molecule has 20 heavy (non-hydrogen) atoms. The number of nitrogens with one attached hydrogen (secondary N) is 1. The number of piperidine rings is 1. The molecule has 4 atom stereocenters. The molecule has 0 radical (unpaired) electrons. The van der Waals surface area contributed by atoms with Crippen LogP contribution in [0.25, 0.3) is 0 Å². The molecule has 0 amide bonds. The van der Waals surface area contributed by atoms with Gasteiger partial charge in [0.1, 0.15) is 6.54 Å². The fraction of sp³-hybridized carbons (Fsp3) is 0.733. The van der Waals surface area contributed by atoms with Crippen molar-refractivity contribution in [2.45, 2.75) is 37.0 Å². The minimum Gasteiger partial charge on any atom is -0.346 e. The van der Waals surface area contributed by atoms with Crippen LogP contribution in [-0.2, 0) is 6.54 Å². The number of thioether (sulfide) groups is 1. The highest BCUT2D eigenvalue weighted by Crippen LogP contribution is 2.51. The summed E-state index contributed by atoms with van der Waals surface area (Å²) in [6.07, 6.45) is 10.4. The van der Waals surface area contributed by atoms with Crippen molar-refractivity contribution in [1.29, 1.82) is 0 Å². The van der Waals surface area contributed by atoms with Crippen LogP contribution in [0.1, 0.15) is 24.8 Å². The Balaban J connectivity index is 1.45. The van der Waals surface area contributed by atoms with E-state index < -0.39 is 0 Å². The van der Waals surface area contributed by atoms with E-state index in [2.05, 4.69) is 15.3 Å². The molecule has 4 unspecified atom stereocenters. The van der Waals surface area contributed by atoms with Crippen molar-refractivity contribution in [3.8, 4) is 0 Å². The maximum absolute atomic E-state index is 4.41. The van der Waals surface area contributed by atoms with Crippen molar-refractivity contribution >= 4 is 11.8 Å². The zero-order chi connectivity index (χ0) is 13.6. The minimum atomic E-state index is 0.688. The molecule has 3 fully saturated rings. The zero-order valence-corrected chi connectivity index (χ0v) is 13.0. The van der Waals surface area contributed by atoms with E-state index in [4.69, 9.17) is 0 Å². The van der Waals surface area contributed by atoms with Crippen LogP contribution in [0.2, 0.25) is 0 Å². The molecular weight excluding hydrogens is 268 g/mol. The third kappa shape index (κ3) is 1.90. The van der Waals surface area contributed by atoms with E-state index in [9.17, 15) is 0 Å². The van der Waals surface area contributed by atoms with E-state index in [-0.39, 0.29) is 0 Å². The molecule has 2 aliphatic heterocycles. The van der Waals surface area contributed by atoms with Gasteiger partial charge in [-0.3, -0.25) is 0 Å². The summed E-state index contributed by atoms with van der Waals surface area (Å²) in [5.74, 6) is 1.03. The van der Waals surface area contributed by atoms with E-state index in [1.165, 1.54) is 44.5 Å². The maximum atomic E-state index is 4.41. The Labute approximate surface area is 124 Å². The molecule has 1 spiro atoms. The SMILES string of the molecule is CSc1ncc(C[NH+]2CCC34C[NH2+]CCC3CC24)cn1. The van der Waals surface area contributed by atoms with Crippen LogP contribution >= 0.6 is 11.8 Å². The third-order valence-electron chi connectivity index (χ3n) is 5.97. The molecule has 1 aromatic rings. The number of hydrogen-bond acceptors (Lipinski definition) is 3. The molecule has 4 rings (SSSR count). The number of hydrogen-bond donors (Lipinski definition) is 2. The van der Waals surface area contributed by atoms with E-state index in [0.29, 0.717) is 5.41 Å². The summed E-state index contributed by atoms with van der Waals surface area (Å²) >= 11 is 1.61. The lowest BCUT2D eigenvalue weighted by Crippen LogP contribution is -3.15. The summed E-state index contributed by atoms with van der Waals surface area (Å²) in [6, 6.07) is 0.907. The summed E-state index contributed by atoms with van der Waals surface area (Å²) in [6.45, 7) is 5.21. The molecule has 108 valence electrons. The van der Waals surface area contributed by atoms with Crippen molar-refractivity contribution in [2.75, 3.05) is 25.9 Å². The van der Waals surface area contributed by atoms with Gasteiger partial charge in [-0.2, -0.15) is 0 Å². The van der Waals surface area contributed by atoms with E-state index in [1.807, 2.05) is 18.6 Å². The van der Waals surface area contributed by atoms with Crippen molar-refractivity contribution < 1.29 is 10.2 Å². The standard InChI is InChI=1S/C15H22N4S/c1-20-14-17-7-11(8-18-14)9-19-5-3-15-10-16-4-2-12(15)6-13(15)19/h7-8,12-13,16H,2-6,9-10H2,1H3/p+2. The van der Waals surface area contributed by atoms with Crippen LogP contribution < -0.4 is 10.2 Å². The summed E-state index contributed by atoms with van der Waals surface area (Å²) in [7, 11) is 0. The van der Waals surface area contributed by atoms with E-state index >= 15 is 0 Å². The van der Waals surface area contributed by atoms with Crippen LogP contribution in [0.5, 0.6) is 0 Å². The average molecular weight is 292 g/mol. The Bertz CT molecular complexity index is 491. The van der Waals surface area contributed by atoms with Crippen LogP contribution in [0.15, 0.2) is 17.6 Å². The predicted octanol–water partition coefficient (Wildman–Crippen LogP) is -0.671. The normalized spacial score (nSPS) is 39.0. The molecule has 1 saturated carbocycles. The Morgan fingerprint density at radius 3 is 3.05 bits per heavy atom. The van der Waals surface area contributed by atoms with Crippen molar-refractivity contribution in [1.82, 2.24) is 9.97 Å². The number of rotatable bonds is 3. The first-order chi connectivity index (χ1) is 9.82. The second-order valence-corrected chi connectivity index (χ2v) is 7.47. The molecular formula is C15H24N4S+2. The highest BCUT2D eigenvalue weighted by Gasteiger charge is 2.65. The van der Waals surface area contributed by atoms with Gasteiger partial charge in [0.05, 0.1) is 31.1 Å². The maximum Gasteiger partial charge on any atom is 0.187 e. The number of likely N-dealkylation sites (tertiary alicyclic amines) is 1. The monoisotopic (exact) mass is 292 g/mol. The fourth-order valence-electron chi connectivity index (χ4n) is 4.92. The summed E-state index contributed by atoms with van der Waals surface area (Å²) < 4.78 is 0. The second kappa shape index (κ2) is 4.97. The smallest absolute Gasteiger partial charge is 0.187 e. The van der Waals surface area contributed by atoms with Crippen LogP contribution in [0, 0.1) is 11.3 Å². The highest BCUT2D eigenvalue weighted by atomic mass is 32.2. The van der Waals surface area contributed by atoms with Crippen LogP contribution in [0.4, 0.5) is 0 Å². The molecule has 3 aliphatic rings. The number of aromatic nitrogens is 2. The van der Waals surface area contributed by atoms with Gasteiger partial charge in [0, 0.05) is 37.2 Å². The Morgan fingerprint density at radius 1 is 1.45 bits per heavy atom. The van der Waals surface area contributed by atoms with Gasteiger partial charge in [0.25, 0.3) is 0 Å². The summed E-state index contributed by atoms with van der Waals surface area (Å²) in [5.41, 5.74) is 1.99. The fourth-order valence-corrected chi connectivity index (χ4v) is 5.23. The molecule has 2 saturated heterocycles. The van der Waals surface area contributed by atoms with Gasteiger partial charge in [-0.25, -0.2) is 9.97 Å². The van der Waals surface area contributed by atoms with Crippen LogP contribution in [-0.4, -0.2) is 41.9 Å². The molecule has 0 aromatic carbocycles. The number of nitrogens with zero attached hydrogens (tertiary/aromatic N) is 2. The quantitative estimate of drug-likeness (QED) is 0.574. The van der Waals surface area contributed by atoms with Gasteiger partial charge < -0.3 is 10.2 Å². The number of quaternary nitrogens is 2. The topological polar surface area (TPSA) is 46.8 Å². The van der Waals surface area contributed by atoms with E-state index in [0.717, 1.165) is 23.7 Å². The average Bonchev–Trinajstić information content (AvgIpc) is 2.70. The molecule has 0 bridgehead atoms. The van der Waals surface area contributed by atoms with Gasteiger partial charge in [0.15, 0.2) is 5.16 Å². The Hall–Kier alpha value is -0.650. The van der Waals surface area contributed by atoms with Gasteiger partial charge >= 0.3 is 0 Å². The van der Waals surface area contributed by atoms with Gasteiger partial charge in [-0.1, -0.05) is 11.8 Å². The van der Waals surface area contributed by atoms with Gasteiger partial charge in [-0.15, -0.1) is 0 Å². The molecule has 1 aliphatic carbocycles. The zero-order valence-electron chi connectivity index (χ0n) is 12.1. The number of nitrogens with two attached hydrogens (primary N) is 1. The largest absolute Gasteiger partial charge is 0.346 e. The van der Waals surface area contributed by atoms with Gasteiger partial charge in [0.2, 0.25) is 0 Å². The first-order valence-electron chi connectivity index (χ1n) is 7.83.